The average Bonchev–Trinajstić information content (AvgIpc) is 2.33. The number of phenols is 1. The highest BCUT2D eigenvalue weighted by Crippen LogP contribution is 2.27. The van der Waals surface area contributed by atoms with Gasteiger partial charge in [0.05, 0.1) is 10.7 Å². The van der Waals surface area contributed by atoms with Gasteiger partial charge in [-0.1, -0.05) is 23.7 Å². The van der Waals surface area contributed by atoms with E-state index in [-0.39, 0.29) is 17.6 Å². The van der Waals surface area contributed by atoms with Crippen LogP contribution in [0.2, 0.25) is 5.02 Å². The van der Waals surface area contributed by atoms with Crippen LogP contribution in [0.3, 0.4) is 0 Å². The van der Waals surface area contributed by atoms with Gasteiger partial charge in [-0.3, -0.25) is 0 Å². The molecule has 0 bridgehead atoms. The van der Waals surface area contributed by atoms with E-state index in [4.69, 9.17) is 11.6 Å². The number of aromatic hydroxyl groups is 1. The van der Waals surface area contributed by atoms with E-state index in [0.717, 1.165) is 5.56 Å². The van der Waals surface area contributed by atoms with Gasteiger partial charge in [0.1, 0.15) is 11.6 Å². The van der Waals surface area contributed by atoms with E-state index in [9.17, 15) is 9.50 Å². The van der Waals surface area contributed by atoms with Crippen molar-refractivity contribution in [2.24, 2.45) is 0 Å². The summed E-state index contributed by atoms with van der Waals surface area (Å²) in [5.41, 5.74) is 1.69. The summed E-state index contributed by atoms with van der Waals surface area (Å²) in [7, 11) is 0. The molecule has 2 rings (SSSR count). The van der Waals surface area contributed by atoms with Gasteiger partial charge in [-0.15, -0.1) is 0 Å². The summed E-state index contributed by atoms with van der Waals surface area (Å²) < 4.78 is 12.9. The third-order valence-electron chi connectivity index (χ3n) is 2.70. The van der Waals surface area contributed by atoms with E-state index in [0.29, 0.717) is 10.7 Å². The number of nitrogens with one attached hydrogen (secondary N) is 1. The lowest BCUT2D eigenvalue weighted by atomic mass is 10.1. The molecular weight excluding hydrogens is 253 g/mol. The van der Waals surface area contributed by atoms with Crippen molar-refractivity contribution in [3.8, 4) is 5.75 Å². The fourth-order valence-corrected chi connectivity index (χ4v) is 1.91. The Morgan fingerprint density at radius 1 is 1.17 bits per heavy atom. The van der Waals surface area contributed by atoms with Gasteiger partial charge in [-0.2, -0.15) is 0 Å². The van der Waals surface area contributed by atoms with Gasteiger partial charge in [0.25, 0.3) is 0 Å². The van der Waals surface area contributed by atoms with E-state index < -0.39 is 0 Å². The molecule has 0 radical (unpaired) electrons. The molecule has 0 saturated heterocycles. The first-order chi connectivity index (χ1) is 8.56. The average molecular weight is 266 g/mol. The summed E-state index contributed by atoms with van der Waals surface area (Å²) in [6.45, 7) is 1.96. The molecule has 0 saturated carbocycles. The van der Waals surface area contributed by atoms with Crippen molar-refractivity contribution < 1.29 is 9.50 Å². The molecule has 0 aliphatic carbocycles. The van der Waals surface area contributed by atoms with Gasteiger partial charge >= 0.3 is 0 Å². The van der Waals surface area contributed by atoms with Gasteiger partial charge in [-0.25, -0.2) is 4.39 Å². The molecule has 0 spiro atoms. The molecule has 2 nitrogen and oxygen atoms in total. The zero-order valence-corrected chi connectivity index (χ0v) is 10.6. The summed E-state index contributed by atoms with van der Waals surface area (Å²) in [6.07, 6.45) is 0. The number of rotatable bonds is 3. The zero-order valence-electron chi connectivity index (χ0n) is 9.82. The summed E-state index contributed by atoms with van der Waals surface area (Å²) in [6, 6.07) is 11.1. The molecular formula is C14H13ClFNO. The number of hydrogen-bond acceptors (Lipinski definition) is 2. The molecule has 0 aromatic heterocycles. The molecule has 94 valence electrons. The van der Waals surface area contributed by atoms with Crippen LogP contribution >= 0.6 is 11.6 Å². The second-order valence-electron chi connectivity index (χ2n) is 4.08. The Labute approximate surface area is 110 Å². The molecule has 2 aromatic carbocycles. The number of anilines is 1. The molecule has 0 heterocycles. The predicted octanol–water partition coefficient (Wildman–Crippen LogP) is 4.36. The predicted molar refractivity (Wildman–Crippen MR) is 71.6 cm³/mol. The molecule has 2 aromatic rings. The van der Waals surface area contributed by atoms with Crippen LogP contribution < -0.4 is 5.32 Å². The van der Waals surface area contributed by atoms with Crippen molar-refractivity contribution in [3.05, 3.63) is 58.9 Å². The van der Waals surface area contributed by atoms with E-state index in [2.05, 4.69) is 5.32 Å². The summed E-state index contributed by atoms with van der Waals surface area (Å²) in [5.74, 6) is -0.131. The maximum Gasteiger partial charge on any atom is 0.124 e. The number of halogens is 2. The Hall–Kier alpha value is -1.74. The Kier molecular flexibility index (Phi) is 3.72. The van der Waals surface area contributed by atoms with E-state index >= 15 is 0 Å². The number of benzene rings is 2. The summed E-state index contributed by atoms with van der Waals surface area (Å²) in [5, 5.41) is 12.8. The highest BCUT2D eigenvalue weighted by atomic mass is 35.5. The first kappa shape index (κ1) is 12.7. The zero-order chi connectivity index (χ0) is 13.1. The van der Waals surface area contributed by atoms with Gasteiger partial charge in [-0.05, 0) is 42.8 Å². The highest BCUT2D eigenvalue weighted by molar-refractivity contribution is 6.33. The third kappa shape index (κ3) is 2.93. The standard InChI is InChI=1S/C14H13ClFNO/c1-9(10-2-5-12(18)6-3-10)17-14-7-4-11(16)8-13(14)15/h2-9,17-18H,1H3. The molecule has 1 atom stereocenters. The van der Waals surface area contributed by atoms with Crippen molar-refractivity contribution >= 4 is 17.3 Å². The maximum absolute atomic E-state index is 12.9. The Balaban J connectivity index is 2.15. The minimum Gasteiger partial charge on any atom is -0.508 e. The van der Waals surface area contributed by atoms with Gasteiger partial charge in [0, 0.05) is 6.04 Å². The smallest absolute Gasteiger partial charge is 0.124 e. The van der Waals surface area contributed by atoms with Gasteiger partial charge < -0.3 is 10.4 Å². The molecule has 0 fully saturated rings. The lowest BCUT2D eigenvalue weighted by molar-refractivity contribution is 0.475. The topological polar surface area (TPSA) is 32.3 Å². The molecule has 0 aliphatic heterocycles. The first-order valence-electron chi connectivity index (χ1n) is 5.57. The number of phenolic OH excluding ortho intramolecular Hbond substituents is 1. The molecule has 1 unspecified atom stereocenters. The third-order valence-corrected chi connectivity index (χ3v) is 3.01. The largest absolute Gasteiger partial charge is 0.508 e. The lowest BCUT2D eigenvalue weighted by Gasteiger charge is -2.16. The van der Waals surface area contributed by atoms with Crippen molar-refractivity contribution in [1.29, 1.82) is 0 Å². The van der Waals surface area contributed by atoms with Crippen LogP contribution in [0.25, 0.3) is 0 Å². The van der Waals surface area contributed by atoms with E-state index in [1.807, 2.05) is 19.1 Å². The van der Waals surface area contributed by atoms with Gasteiger partial charge in [0.15, 0.2) is 0 Å². The van der Waals surface area contributed by atoms with Crippen molar-refractivity contribution in [2.75, 3.05) is 5.32 Å². The van der Waals surface area contributed by atoms with Crippen molar-refractivity contribution in [2.45, 2.75) is 13.0 Å². The fraction of sp³-hybridized carbons (Fsp3) is 0.143. The van der Waals surface area contributed by atoms with Crippen LogP contribution in [0, 0.1) is 5.82 Å². The second-order valence-corrected chi connectivity index (χ2v) is 4.49. The SMILES string of the molecule is CC(Nc1ccc(F)cc1Cl)c1ccc(O)cc1. The van der Waals surface area contributed by atoms with Crippen LogP contribution in [0.5, 0.6) is 5.75 Å². The molecule has 0 aliphatic rings. The van der Waals surface area contributed by atoms with Crippen molar-refractivity contribution in [1.82, 2.24) is 0 Å². The van der Waals surface area contributed by atoms with Crippen LogP contribution in [0.15, 0.2) is 42.5 Å². The Morgan fingerprint density at radius 3 is 2.44 bits per heavy atom. The maximum atomic E-state index is 12.9. The van der Waals surface area contributed by atoms with Crippen LogP contribution in [-0.4, -0.2) is 5.11 Å². The normalized spacial score (nSPS) is 12.2. The molecule has 0 amide bonds. The molecule has 2 N–H and O–H groups in total. The number of hydrogen-bond donors (Lipinski definition) is 2. The van der Waals surface area contributed by atoms with Crippen LogP contribution in [0.1, 0.15) is 18.5 Å². The van der Waals surface area contributed by atoms with Crippen LogP contribution in [-0.2, 0) is 0 Å². The molecule has 4 heteroatoms. The Morgan fingerprint density at radius 2 is 1.83 bits per heavy atom. The van der Waals surface area contributed by atoms with Crippen molar-refractivity contribution in [3.63, 3.8) is 0 Å². The minimum absolute atomic E-state index is 0.00793. The Bertz CT molecular complexity index is 542. The first-order valence-corrected chi connectivity index (χ1v) is 5.94. The second kappa shape index (κ2) is 5.27. The quantitative estimate of drug-likeness (QED) is 0.864. The summed E-state index contributed by atoms with van der Waals surface area (Å²) in [4.78, 5) is 0. The highest BCUT2D eigenvalue weighted by Gasteiger charge is 2.08. The minimum atomic E-state index is -0.358. The molecule has 18 heavy (non-hydrogen) atoms. The van der Waals surface area contributed by atoms with Crippen LogP contribution in [0.4, 0.5) is 10.1 Å². The van der Waals surface area contributed by atoms with Gasteiger partial charge in [0.2, 0.25) is 0 Å². The van der Waals surface area contributed by atoms with E-state index in [1.54, 1.807) is 18.2 Å². The summed E-state index contributed by atoms with van der Waals surface area (Å²) >= 11 is 5.94. The monoisotopic (exact) mass is 265 g/mol. The fourth-order valence-electron chi connectivity index (χ4n) is 1.69. The lowest BCUT2D eigenvalue weighted by Crippen LogP contribution is -2.06. The van der Waals surface area contributed by atoms with E-state index in [1.165, 1.54) is 12.1 Å².